The lowest BCUT2D eigenvalue weighted by Crippen LogP contribution is -1.83. The smallest absolute Gasteiger partial charge is 0.123 e. The van der Waals surface area contributed by atoms with Gasteiger partial charge in [-0.25, -0.2) is 0 Å². The molecule has 0 bridgehead atoms. The minimum absolute atomic E-state index is 0.0637. The molecule has 0 saturated carbocycles. The number of phenolic OH excluding ortho intramolecular Hbond substituents is 1. The van der Waals surface area contributed by atoms with Crippen LogP contribution >= 0.6 is 0 Å². The third-order valence-electron chi connectivity index (χ3n) is 2.52. The Bertz CT molecular complexity index is 673. The van der Waals surface area contributed by atoms with E-state index in [4.69, 9.17) is 5.53 Å². The molecule has 0 fully saturated rings. The largest absolute Gasteiger partial charge is 0.507 e. The number of hydrogen-bond donors (Lipinski definition) is 1. The molecule has 0 atom stereocenters. The van der Waals surface area contributed by atoms with Crippen molar-refractivity contribution in [1.29, 1.82) is 0 Å². The topological polar surface area (TPSA) is 81.9 Å². The summed E-state index contributed by atoms with van der Waals surface area (Å²) in [6.45, 7) is 1.92. The molecule has 5 nitrogen and oxygen atoms in total. The lowest BCUT2D eigenvalue weighted by atomic mass is 10.1. The number of hydrogen-bond acceptors (Lipinski definition) is 3. The predicted molar refractivity (Wildman–Crippen MR) is 74.8 cm³/mol. The van der Waals surface area contributed by atoms with Crippen LogP contribution in [-0.2, 0) is 0 Å². The molecule has 1 N–H and O–H groups in total. The first-order chi connectivity index (χ1) is 9.19. The third-order valence-corrected chi connectivity index (χ3v) is 2.52. The normalized spacial score (nSPS) is 10.4. The van der Waals surface area contributed by atoms with E-state index in [1.165, 1.54) is 6.07 Å². The van der Waals surface area contributed by atoms with Crippen molar-refractivity contribution in [1.82, 2.24) is 4.98 Å². The number of nitrogens with zero attached hydrogens (tertiary/aromatic N) is 4. The number of aromatic nitrogens is 1. The SMILES string of the molecule is Cc1cccc(/C=C/c2ccc(N=[N+]=[N-])cc2O)n1. The summed E-state index contributed by atoms with van der Waals surface area (Å²) < 4.78 is 0. The van der Waals surface area contributed by atoms with E-state index in [-0.39, 0.29) is 5.75 Å². The van der Waals surface area contributed by atoms with E-state index in [2.05, 4.69) is 15.0 Å². The number of rotatable bonds is 3. The molecule has 0 aliphatic heterocycles. The van der Waals surface area contributed by atoms with Crippen LogP contribution in [0.3, 0.4) is 0 Å². The Morgan fingerprint density at radius 2 is 2.11 bits per heavy atom. The number of aryl methyl sites for hydroxylation is 1. The zero-order valence-corrected chi connectivity index (χ0v) is 10.4. The molecule has 0 unspecified atom stereocenters. The third kappa shape index (κ3) is 3.34. The van der Waals surface area contributed by atoms with Crippen molar-refractivity contribution in [2.75, 3.05) is 0 Å². The monoisotopic (exact) mass is 252 g/mol. The van der Waals surface area contributed by atoms with Crippen molar-refractivity contribution in [2.24, 2.45) is 5.11 Å². The van der Waals surface area contributed by atoms with E-state index in [9.17, 15) is 5.11 Å². The van der Waals surface area contributed by atoms with Gasteiger partial charge in [0.2, 0.25) is 0 Å². The summed E-state index contributed by atoms with van der Waals surface area (Å²) in [6, 6.07) is 10.5. The van der Waals surface area contributed by atoms with E-state index in [1.807, 2.05) is 31.2 Å². The van der Waals surface area contributed by atoms with Gasteiger partial charge in [-0.15, -0.1) is 0 Å². The van der Waals surface area contributed by atoms with Gasteiger partial charge in [-0.1, -0.05) is 23.3 Å². The number of azide groups is 1. The molecule has 0 saturated heterocycles. The van der Waals surface area contributed by atoms with Crippen LogP contribution in [0, 0.1) is 6.92 Å². The van der Waals surface area contributed by atoms with E-state index < -0.39 is 0 Å². The van der Waals surface area contributed by atoms with Gasteiger partial charge < -0.3 is 5.11 Å². The van der Waals surface area contributed by atoms with Crippen LogP contribution in [-0.4, -0.2) is 10.1 Å². The Hall–Kier alpha value is -2.78. The van der Waals surface area contributed by atoms with E-state index in [1.54, 1.807) is 18.2 Å². The molecule has 19 heavy (non-hydrogen) atoms. The van der Waals surface area contributed by atoms with Crippen molar-refractivity contribution in [3.05, 3.63) is 63.8 Å². The van der Waals surface area contributed by atoms with Gasteiger partial charge in [-0.2, -0.15) is 0 Å². The van der Waals surface area contributed by atoms with Crippen molar-refractivity contribution < 1.29 is 5.11 Å². The Balaban J connectivity index is 2.26. The van der Waals surface area contributed by atoms with Crippen LogP contribution in [0.1, 0.15) is 17.0 Å². The van der Waals surface area contributed by atoms with Crippen molar-refractivity contribution in [2.45, 2.75) is 6.92 Å². The van der Waals surface area contributed by atoms with Crippen LogP contribution in [0.5, 0.6) is 5.75 Å². The fourth-order valence-electron chi connectivity index (χ4n) is 1.62. The van der Waals surface area contributed by atoms with Crippen LogP contribution in [0.15, 0.2) is 41.5 Å². The molecule has 94 valence electrons. The Labute approximate surface area is 110 Å². The molecule has 1 aromatic heterocycles. The molecule has 2 rings (SSSR count). The van der Waals surface area contributed by atoms with Gasteiger partial charge in [-0.05, 0) is 42.8 Å². The number of aromatic hydroxyl groups is 1. The first-order valence-corrected chi connectivity index (χ1v) is 5.69. The molecule has 1 heterocycles. The molecule has 5 heteroatoms. The lowest BCUT2D eigenvalue weighted by Gasteiger charge is -2.00. The predicted octanol–water partition coefficient (Wildman–Crippen LogP) is 4.21. The second-order valence-corrected chi connectivity index (χ2v) is 3.97. The first kappa shape index (κ1) is 12.7. The van der Waals surface area contributed by atoms with E-state index in [0.717, 1.165) is 11.4 Å². The lowest BCUT2D eigenvalue weighted by molar-refractivity contribution is 0.474. The molecule has 2 aromatic rings. The molecule has 0 aliphatic carbocycles. The van der Waals surface area contributed by atoms with Crippen LogP contribution in [0.2, 0.25) is 0 Å². The average molecular weight is 252 g/mol. The summed E-state index contributed by atoms with van der Waals surface area (Å²) >= 11 is 0. The van der Waals surface area contributed by atoms with Gasteiger partial charge in [0.1, 0.15) is 5.75 Å². The second kappa shape index (κ2) is 5.71. The first-order valence-electron chi connectivity index (χ1n) is 5.69. The summed E-state index contributed by atoms with van der Waals surface area (Å²) in [5, 5.41) is 13.2. The van der Waals surface area contributed by atoms with Crippen molar-refractivity contribution >= 4 is 17.8 Å². The highest BCUT2D eigenvalue weighted by molar-refractivity contribution is 5.72. The molecular formula is C14H12N4O. The number of benzene rings is 1. The molecule has 0 amide bonds. The Morgan fingerprint density at radius 3 is 2.79 bits per heavy atom. The van der Waals surface area contributed by atoms with Crippen molar-refractivity contribution in [3.8, 4) is 5.75 Å². The summed E-state index contributed by atoms with van der Waals surface area (Å²) in [5.74, 6) is 0.0637. The molecule has 0 spiro atoms. The van der Waals surface area contributed by atoms with Crippen LogP contribution < -0.4 is 0 Å². The fourth-order valence-corrected chi connectivity index (χ4v) is 1.62. The number of pyridine rings is 1. The van der Waals surface area contributed by atoms with Crippen LogP contribution in [0.4, 0.5) is 5.69 Å². The maximum atomic E-state index is 9.80. The Morgan fingerprint density at radius 1 is 1.26 bits per heavy atom. The van der Waals surface area contributed by atoms with Gasteiger partial charge in [0.15, 0.2) is 0 Å². The van der Waals surface area contributed by atoms with Gasteiger partial charge >= 0.3 is 0 Å². The van der Waals surface area contributed by atoms with Gasteiger partial charge in [0.05, 0.1) is 5.69 Å². The molecule has 1 aromatic carbocycles. The highest BCUT2D eigenvalue weighted by Crippen LogP contribution is 2.25. The molecule has 0 aliphatic rings. The number of phenols is 1. The van der Waals surface area contributed by atoms with Gasteiger partial charge in [-0.3, -0.25) is 4.98 Å². The van der Waals surface area contributed by atoms with Crippen LogP contribution in [0.25, 0.3) is 22.6 Å². The maximum Gasteiger partial charge on any atom is 0.123 e. The summed E-state index contributed by atoms with van der Waals surface area (Å²) in [4.78, 5) is 7.00. The van der Waals surface area contributed by atoms with Crippen molar-refractivity contribution in [3.63, 3.8) is 0 Å². The zero-order valence-electron chi connectivity index (χ0n) is 10.4. The summed E-state index contributed by atoms with van der Waals surface area (Å²) in [7, 11) is 0. The maximum absolute atomic E-state index is 9.80. The summed E-state index contributed by atoms with van der Waals surface area (Å²) in [6.07, 6.45) is 3.58. The minimum atomic E-state index is 0.0637. The van der Waals surface area contributed by atoms with E-state index >= 15 is 0 Å². The molecule has 0 radical (unpaired) electrons. The fraction of sp³-hybridized carbons (Fsp3) is 0.0714. The second-order valence-electron chi connectivity index (χ2n) is 3.97. The molecular weight excluding hydrogens is 240 g/mol. The highest BCUT2D eigenvalue weighted by atomic mass is 16.3. The average Bonchev–Trinajstić information content (AvgIpc) is 2.38. The quantitative estimate of drug-likeness (QED) is 0.504. The zero-order chi connectivity index (χ0) is 13.7. The minimum Gasteiger partial charge on any atom is -0.507 e. The van der Waals surface area contributed by atoms with E-state index in [0.29, 0.717) is 11.3 Å². The van der Waals surface area contributed by atoms with Gasteiger partial charge in [0.25, 0.3) is 0 Å². The van der Waals surface area contributed by atoms with Gasteiger partial charge in [0, 0.05) is 21.9 Å². The Kier molecular flexibility index (Phi) is 3.81. The summed E-state index contributed by atoms with van der Waals surface area (Å²) in [5.41, 5.74) is 11.1. The highest BCUT2D eigenvalue weighted by Gasteiger charge is 1.98. The standard InChI is InChI=1S/C14H12N4O/c1-10-3-2-4-12(16-10)7-5-11-6-8-13(17-18-15)9-14(11)19/h2-9,19H,1H3/b7-5+.